The Kier molecular flexibility index (Phi) is 4.34. The molecule has 3 heteroatoms. The van der Waals surface area contributed by atoms with Gasteiger partial charge < -0.3 is 5.32 Å². The molecule has 1 N–H and O–H groups in total. The van der Waals surface area contributed by atoms with Gasteiger partial charge in [0.15, 0.2) is 0 Å². The highest BCUT2D eigenvalue weighted by Gasteiger charge is 2.32. The average molecular weight is 269 g/mol. The SMILES string of the molecule is N#Cc1ccccc1[C@H](C1CCCC1)N1CCNCC1. The first kappa shape index (κ1) is 13.6. The van der Waals surface area contributed by atoms with Crippen molar-refractivity contribution in [3.8, 4) is 6.07 Å². The van der Waals surface area contributed by atoms with Gasteiger partial charge in [-0.2, -0.15) is 5.26 Å². The van der Waals surface area contributed by atoms with Crippen LogP contribution in [0.3, 0.4) is 0 Å². The smallest absolute Gasteiger partial charge is 0.0995 e. The van der Waals surface area contributed by atoms with Crippen molar-refractivity contribution in [3.05, 3.63) is 35.4 Å². The minimum Gasteiger partial charge on any atom is -0.314 e. The van der Waals surface area contributed by atoms with Gasteiger partial charge in [-0.3, -0.25) is 4.90 Å². The summed E-state index contributed by atoms with van der Waals surface area (Å²) in [6.07, 6.45) is 5.33. The number of nitrogens with one attached hydrogen (secondary N) is 1. The summed E-state index contributed by atoms with van der Waals surface area (Å²) in [5.41, 5.74) is 2.12. The van der Waals surface area contributed by atoms with E-state index in [0.29, 0.717) is 6.04 Å². The monoisotopic (exact) mass is 269 g/mol. The predicted octanol–water partition coefficient (Wildman–Crippen LogP) is 2.69. The quantitative estimate of drug-likeness (QED) is 0.917. The van der Waals surface area contributed by atoms with Gasteiger partial charge in [-0.1, -0.05) is 31.0 Å². The van der Waals surface area contributed by atoms with Crippen molar-refractivity contribution in [2.45, 2.75) is 31.7 Å². The highest BCUT2D eigenvalue weighted by molar-refractivity contribution is 5.40. The number of benzene rings is 1. The lowest BCUT2D eigenvalue weighted by Crippen LogP contribution is -2.46. The Morgan fingerprint density at radius 2 is 1.85 bits per heavy atom. The van der Waals surface area contributed by atoms with E-state index < -0.39 is 0 Å². The van der Waals surface area contributed by atoms with E-state index in [9.17, 15) is 5.26 Å². The third-order valence-corrected chi connectivity index (χ3v) is 4.79. The molecule has 2 aliphatic rings. The van der Waals surface area contributed by atoms with Gasteiger partial charge in [0, 0.05) is 32.2 Å². The van der Waals surface area contributed by atoms with Crippen LogP contribution in [0.5, 0.6) is 0 Å². The molecule has 0 spiro atoms. The van der Waals surface area contributed by atoms with Crippen molar-refractivity contribution in [2.24, 2.45) is 5.92 Å². The number of rotatable bonds is 3. The molecule has 1 saturated carbocycles. The minimum atomic E-state index is 0.440. The van der Waals surface area contributed by atoms with Crippen LogP contribution < -0.4 is 5.32 Å². The fraction of sp³-hybridized carbons (Fsp3) is 0.588. The molecule has 1 heterocycles. The van der Waals surface area contributed by atoms with Crippen molar-refractivity contribution in [2.75, 3.05) is 26.2 Å². The van der Waals surface area contributed by atoms with Gasteiger partial charge >= 0.3 is 0 Å². The van der Waals surface area contributed by atoms with Gasteiger partial charge in [0.2, 0.25) is 0 Å². The molecule has 1 aliphatic heterocycles. The molecular weight excluding hydrogens is 246 g/mol. The van der Waals surface area contributed by atoms with Crippen LogP contribution in [0, 0.1) is 17.2 Å². The lowest BCUT2D eigenvalue weighted by molar-refractivity contribution is 0.125. The van der Waals surface area contributed by atoms with E-state index in [1.54, 1.807) is 0 Å². The summed E-state index contributed by atoms with van der Waals surface area (Å²) in [5, 5.41) is 12.9. The number of nitrogens with zero attached hydrogens (tertiary/aromatic N) is 2. The van der Waals surface area contributed by atoms with Crippen molar-refractivity contribution >= 4 is 0 Å². The molecule has 3 rings (SSSR count). The second kappa shape index (κ2) is 6.39. The van der Waals surface area contributed by atoms with Crippen LogP contribution in [0.2, 0.25) is 0 Å². The van der Waals surface area contributed by atoms with Crippen molar-refractivity contribution in [1.82, 2.24) is 10.2 Å². The maximum Gasteiger partial charge on any atom is 0.0995 e. The summed E-state index contributed by atoms with van der Waals surface area (Å²) < 4.78 is 0. The van der Waals surface area contributed by atoms with E-state index in [0.717, 1.165) is 37.7 Å². The Morgan fingerprint density at radius 1 is 1.15 bits per heavy atom. The van der Waals surface area contributed by atoms with Crippen molar-refractivity contribution in [3.63, 3.8) is 0 Å². The summed E-state index contributed by atoms with van der Waals surface area (Å²) in [5.74, 6) is 0.725. The molecule has 1 aromatic rings. The maximum absolute atomic E-state index is 9.43. The Hall–Kier alpha value is -1.37. The topological polar surface area (TPSA) is 39.1 Å². The number of hydrogen-bond donors (Lipinski definition) is 1. The van der Waals surface area contributed by atoms with E-state index in [-0.39, 0.29) is 0 Å². The van der Waals surface area contributed by atoms with Gasteiger partial charge in [0.05, 0.1) is 11.6 Å². The molecule has 20 heavy (non-hydrogen) atoms. The van der Waals surface area contributed by atoms with E-state index in [2.05, 4.69) is 28.4 Å². The summed E-state index contributed by atoms with van der Waals surface area (Å²) in [4.78, 5) is 2.60. The second-order valence-electron chi connectivity index (χ2n) is 5.97. The standard InChI is InChI=1S/C17H23N3/c18-13-15-7-3-4-8-16(15)17(14-5-1-2-6-14)20-11-9-19-10-12-20/h3-4,7-8,14,17,19H,1-2,5-6,9-12H2/t17-/m0/s1. The molecule has 0 aromatic heterocycles. The molecule has 1 aliphatic carbocycles. The highest BCUT2D eigenvalue weighted by Crippen LogP contribution is 2.40. The van der Waals surface area contributed by atoms with Crippen LogP contribution in [0.15, 0.2) is 24.3 Å². The van der Waals surface area contributed by atoms with Crippen LogP contribution in [0.1, 0.15) is 42.9 Å². The summed E-state index contributed by atoms with van der Waals surface area (Å²) >= 11 is 0. The first-order chi connectivity index (χ1) is 9.90. The lowest BCUT2D eigenvalue weighted by Gasteiger charge is -2.39. The second-order valence-corrected chi connectivity index (χ2v) is 5.97. The maximum atomic E-state index is 9.43. The number of nitriles is 1. The molecule has 0 unspecified atom stereocenters. The van der Waals surface area contributed by atoms with E-state index in [4.69, 9.17) is 0 Å². The number of hydrogen-bond acceptors (Lipinski definition) is 3. The largest absolute Gasteiger partial charge is 0.314 e. The molecule has 0 radical (unpaired) electrons. The Bertz CT molecular complexity index is 479. The molecular formula is C17H23N3. The van der Waals surface area contributed by atoms with Crippen molar-refractivity contribution < 1.29 is 0 Å². The molecule has 0 bridgehead atoms. The van der Waals surface area contributed by atoms with E-state index in [1.165, 1.54) is 31.2 Å². The zero-order chi connectivity index (χ0) is 13.8. The third-order valence-electron chi connectivity index (χ3n) is 4.79. The minimum absolute atomic E-state index is 0.440. The van der Waals surface area contributed by atoms with Gasteiger partial charge in [-0.25, -0.2) is 0 Å². The fourth-order valence-corrected chi connectivity index (χ4v) is 3.84. The first-order valence-electron chi connectivity index (χ1n) is 7.84. The normalized spacial score (nSPS) is 22.6. The molecule has 3 nitrogen and oxygen atoms in total. The molecule has 1 atom stereocenters. The van der Waals surface area contributed by atoms with Gasteiger partial charge in [0.1, 0.15) is 0 Å². The molecule has 0 amide bonds. The molecule has 1 aromatic carbocycles. The number of piperazine rings is 1. The summed E-state index contributed by atoms with van der Waals surface area (Å²) in [6.45, 7) is 4.33. The summed E-state index contributed by atoms with van der Waals surface area (Å²) in [6, 6.07) is 11.0. The van der Waals surface area contributed by atoms with Gasteiger partial charge in [0.25, 0.3) is 0 Å². The molecule has 2 fully saturated rings. The van der Waals surface area contributed by atoms with Gasteiger partial charge in [-0.15, -0.1) is 0 Å². The Labute approximate surface area is 121 Å². The zero-order valence-electron chi connectivity index (χ0n) is 12.0. The molecule has 106 valence electrons. The van der Waals surface area contributed by atoms with Crippen LogP contribution >= 0.6 is 0 Å². The van der Waals surface area contributed by atoms with Crippen LogP contribution in [-0.2, 0) is 0 Å². The van der Waals surface area contributed by atoms with E-state index in [1.807, 2.05) is 12.1 Å². The van der Waals surface area contributed by atoms with Gasteiger partial charge in [-0.05, 0) is 30.4 Å². The Morgan fingerprint density at radius 3 is 2.55 bits per heavy atom. The molecule has 1 saturated heterocycles. The fourth-order valence-electron chi connectivity index (χ4n) is 3.84. The highest BCUT2D eigenvalue weighted by atomic mass is 15.2. The first-order valence-corrected chi connectivity index (χ1v) is 7.84. The van der Waals surface area contributed by atoms with Crippen LogP contribution in [0.4, 0.5) is 0 Å². The zero-order valence-corrected chi connectivity index (χ0v) is 12.0. The lowest BCUT2D eigenvalue weighted by atomic mass is 9.87. The van der Waals surface area contributed by atoms with E-state index >= 15 is 0 Å². The van der Waals surface area contributed by atoms with Crippen LogP contribution in [-0.4, -0.2) is 31.1 Å². The average Bonchev–Trinajstić information content (AvgIpc) is 3.03. The predicted molar refractivity (Wildman–Crippen MR) is 80.3 cm³/mol. The van der Waals surface area contributed by atoms with Crippen molar-refractivity contribution in [1.29, 1.82) is 5.26 Å². The Balaban J connectivity index is 1.93. The third kappa shape index (κ3) is 2.72. The van der Waals surface area contributed by atoms with Crippen LogP contribution in [0.25, 0.3) is 0 Å². The summed E-state index contributed by atoms with van der Waals surface area (Å²) in [7, 11) is 0.